The van der Waals surface area contributed by atoms with Gasteiger partial charge in [-0.3, -0.25) is 4.79 Å². The van der Waals surface area contributed by atoms with E-state index in [1.54, 1.807) is 4.90 Å². The van der Waals surface area contributed by atoms with Gasteiger partial charge in [-0.25, -0.2) is 0 Å². The van der Waals surface area contributed by atoms with Gasteiger partial charge in [-0.05, 0) is 20.9 Å². The molecule has 1 heterocycles. The second-order valence-electron chi connectivity index (χ2n) is 4.15. The van der Waals surface area contributed by atoms with Crippen molar-refractivity contribution in [2.24, 2.45) is 0 Å². The molecule has 90 valence electrons. The molecule has 0 aromatic heterocycles. The minimum absolute atomic E-state index is 0.166. The molecule has 1 aliphatic rings. The normalized spacial score (nSPS) is 18.1. The van der Waals surface area contributed by atoms with E-state index in [9.17, 15) is 9.90 Å². The Morgan fingerprint density at radius 2 is 1.53 bits per heavy atom. The van der Waals surface area contributed by atoms with Crippen LogP contribution in [0.5, 0.6) is 0 Å². The highest BCUT2D eigenvalue weighted by Gasteiger charge is 2.30. The highest BCUT2D eigenvalue weighted by atomic mass is 16.3. The predicted molar refractivity (Wildman–Crippen MR) is 61.7 cm³/mol. The lowest BCUT2D eigenvalue weighted by Gasteiger charge is -2.35. The summed E-state index contributed by atoms with van der Waals surface area (Å²) in [6, 6.07) is 0. The summed E-state index contributed by atoms with van der Waals surface area (Å²) in [5, 5.41) is 9.50. The maximum absolute atomic E-state index is 11.6. The van der Waals surface area contributed by atoms with Crippen LogP contribution in [0.15, 0.2) is 0 Å². The van der Waals surface area contributed by atoms with Crippen LogP contribution in [-0.2, 0) is 4.79 Å². The molecule has 1 saturated heterocycles. The summed E-state index contributed by atoms with van der Waals surface area (Å²) < 4.78 is 0. The fourth-order valence-electron chi connectivity index (χ4n) is 1.40. The van der Waals surface area contributed by atoms with Gasteiger partial charge in [0.25, 0.3) is 5.91 Å². The molecular weight excluding hydrogens is 192 g/mol. The second-order valence-corrected chi connectivity index (χ2v) is 4.15. The zero-order chi connectivity index (χ0) is 12.1. The van der Waals surface area contributed by atoms with Crippen molar-refractivity contribution in [2.75, 3.05) is 33.2 Å². The molecule has 4 heteroatoms. The van der Waals surface area contributed by atoms with E-state index in [4.69, 9.17) is 0 Å². The smallest absolute Gasteiger partial charge is 0.254 e. The lowest BCUT2D eigenvalue weighted by atomic mass is 10.1. The Hall–Kier alpha value is -0.610. The summed E-state index contributed by atoms with van der Waals surface area (Å²) in [5.41, 5.74) is -1.23. The summed E-state index contributed by atoms with van der Waals surface area (Å²) in [4.78, 5) is 15.5. The second kappa shape index (κ2) is 6.08. The number of hydrogen-bond donors (Lipinski definition) is 1. The third-order valence-corrected chi connectivity index (χ3v) is 2.31. The van der Waals surface area contributed by atoms with Gasteiger partial charge in [0.2, 0.25) is 0 Å². The maximum Gasteiger partial charge on any atom is 0.254 e. The van der Waals surface area contributed by atoms with Gasteiger partial charge in [0.1, 0.15) is 5.60 Å². The molecule has 1 aliphatic heterocycles. The minimum atomic E-state index is -1.23. The number of amides is 1. The molecule has 0 bridgehead atoms. The number of aliphatic hydroxyl groups is 1. The van der Waals surface area contributed by atoms with Crippen molar-refractivity contribution in [3.05, 3.63) is 0 Å². The Morgan fingerprint density at radius 3 is 1.87 bits per heavy atom. The van der Waals surface area contributed by atoms with Crippen molar-refractivity contribution < 1.29 is 9.90 Å². The first-order chi connectivity index (χ1) is 6.91. The lowest BCUT2D eigenvalue weighted by Crippen LogP contribution is -2.53. The monoisotopic (exact) mass is 216 g/mol. The zero-order valence-corrected chi connectivity index (χ0v) is 10.6. The van der Waals surface area contributed by atoms with E-state index in [2.05, 4.69) is 4.90 Å². The van der Waals surface area contributed by atoms with Crippen LogP contribution in [0.4, 0.5) is 0 Å². The van der Waals surface area contributed by atoms with Gasteiger partial charge < -0.3 is 14.9 Å². The molecule has 0 saturated carbocycles. The van der Waals surface area contributed by atoms with E-state index in [1.165, 1.54) is 13.8 Å². The topological polar surface area (TPSA) is 43.8 Å². The van der Waals surface area contributed by atoms with Crippen molar-refractivity contribution in [1.82, 2.24) is 9.80 Å². The van der Waals surface area contributed by atoms with Gasteiger partial charge in [-0.2, -0.15) is 0 Å². The summed E-state index contributed by atoms with van der Waals surface area (Å²) in [5.74, 6) is -0.166. The minimum Gasteiger partial charge on any atom is -0.381 e. The fraction of sp³-hybridized carbons (Fsp3) is 0.909. The number of rotatable bonds is 1. The Kier molecular flexibility index (Phi) is 5.83. The van der Waals surface area contributed by atoms with Gasteiger partial charge >= 0.3 is 0 Å². The van der Waals surface area contributed by atoms with E-state index in [1.807, 2.05) is 20.9 Å². The summed E-state index contributed by atoms with van der Waals surface area (Å²) >= 11 is 0. The molecule has 1 fully saturated rings. The van der Waals surface area contributed by atoms with Crippen molar-refractivity contribution in [2.45, 2.75) is 33.3 Å². The highest BCUT2D eigenvalue weighted by Crippen LogP contribution is 2.09. The number of carbonyl (C=O) groups is 1. The van der Waals surface area contributed by atoms with Gasteiger partial charge in [-0.1, -0.05) is 13.8 Å². The Balaban J connectivity index is 0.000000921. The standard InChI is InChI=1S/C9H18N2O2.C2H6/c1-9(2,13)8(12)11-6-4-10(3)5-7-11;1-2/h13H,4-7H2,1-3H3;1-2H3. The van der Waals surface area contributed by atoms with E-state index >= 15 is 0 Å². The summed E-state index contributed by atoms with van der Waals surface area (Å²) in [6.45, 7) is 10.3. The zero-order valence-electron chi connectivity index (χ0n) is 10.6. The molecule has 0 aromatic rings. The fourth-order valence-corrected chi connectivity index (χ4v) is 1.40. The third kappa shape index (κ3) is 4.62. The quantitative estimate of drug-likeness (QED) is 0.696. The highest BCUT2D eigenvalue weighted by molar-refractivity contribution is 5.84. The first-order valence-electron chi connectivity index (χ1n) is 5.61. The van der Waals surface area contributed by atoms with Crippen LogP contribution in [0, 0.1) is 0 Å². The van der Waals surface area contributed by atoms with Crippen molar-refractivity contribution in [3.8, 4) is 0 Å². The molecule has 0 aliphatic carbocycles. The molecule has 0 atom stereocenters. The maximum atomic E-state index is 11.6. The molecule has 0 spiro atoms. The Bertz CT molecular complexity index is 191. The first kappa shape index (κ1) is 14.4. The van der Waals surface area contributed by atoms with Crippen LogP contribution in [0.1, 0.15) is 27.7 Å². The van der Waals surface area contributed by atoms with Crippen LogP contribution >= 0.6 is 0 Å². The first-order valence-corrected chi connectivity index (χ1v) is 5.61. The summed E-state index contributed by atoms with van der Waals surface area (Å²) in [6.07, 6.45) is 0. The number of piperazine rings is 1. The number of carbonyl (C=O) groups excluding carboxylic acids is 1. The number of hydrogen-bond acceptors (Lipinski definition) is 3. The molecule has 1 N–H and O–H groups in total. The molecule has 15 heavy (non-hydrogen) atoms. The molecule has 1 amide bonds. The molecule has 0 aromatic carbocycles. The predicted octanol–water partition coefficient (Wildman–Crippen LogP) is 0.557. The molecule has 0 radical (unpaired) electrons. The number of likely N-dealkylation sites (N-methyl/N-ethyl adjacent to an activating group) is 1. The largest absolute Gasteiger partial charge is 0.381 e. The number of nitrogens with zero attached hydrogens (tertiary/aromatic N) is 2. The van der Waals surface area contributed by atoms with Crippen LogP contribution in [0.25, 0.3) is 0 Å². The van der Waals surface area contributed by atoms with E-state index in [0.717, 1.165) is 26.2 Å². The van der Waals surface area contributed by atoms with Crippen LogP contribution in [-0.4, -0.2) is 59.6 Å². The van der Waals surface area contributed by atoms with E-state index < -0.39 is 5.60 Å². The molecular formula is C11H24N2O2. The SMILES string of the molecule is CC.CN1CCN(C(=O)C(C)(C)O)CC1. The van der Waals surface area contributed by atoms with Crippen LogP contribution in [0.2, 0.25) is 0 Å². The van der Waals surface area contributed by atoms with Crippen LogP contribution < -0.4 is 0 Å². The lowest BCUT2D eigenvalue weighted by molar-refractivity contribution is -0.149. The van der Waals surface area contributed by atoms with Crippen molar-refractivity contribution >= 4 is 5.91 Å². The third-order valence-electron chi connectivity index (χ3n) is 2.31. The molecule has 1 rings (SSSR count). The average molecular weight is 216 g/mol. The Morgan fingerprint density at radius 1 is 1.13 bits per heavy atom. The Labute approximate surface area is 92.9 Å². The molecule has 0 unspecified atom stereocenters. The summed E-state index contributed by atoms with van der Waals surface area (Å²) in [7, 11) is 2.03. The van der Waals surface area contributed by atoms with Crippen molar-refractivity contribution in [1.29, 1.82) is 0 Å². The van der Waals surface area contributed by atoms with Crippen molar-refractivity contribution in [3.63, 3.8) is 0 Å². The van der Waals surface area contributed by atoms with E-state index in [0.29, 0.717) is 0 Å². The van der Waals surface area contributed by atoms with E-state index in [-0.39, 0.29) is 5.91 Å². The molecule has 4 nitrogen and oxygen atoms in total. The van der Waals surface area contributed by atoms with Gasteiger partial charge in [0.05, 0.1) is 0 Å². The van der Waals surface area contributed by atoms with Gasteiger partial charge in [0, 0.05) is 26.2 Å². The van der Waals surface area contributed by atoms with Crippen LogP contribution in [0.3, 0.4) is 0 Å². The van der Waals surface area contributed by atoms with Gasteiger partial charge in [-0.15, -0.1) is 0 Å². The average Bonchev–Trinajstić information content (AvgIpc) is 2.20. The van der Waals surface area contributed by atoms with Gasteiger partial charge in [0.15, 0.2) is 0 Å².